The van der Waals surface area contributed by atoms with Crippen LogP contribution < -0.4 is 5.32 Å². The molecule has 1 nitrogen and oxygen atoms in total. The van der Waals surface area contributed by atoms with E-state index in [4.69, 9.17) is 0 Å². The molecule has 110 valence electrons. The molecule has 0 saturated heterocycles. The van der Waals surface area contributed by atoms with Gasteiger partial charge in [0.15, 0.2) is 0 Å². The molecule has 1 heteroatoms. The van der Waals surface area contributed by atoms with E-state index in [1.54, 1.807) is 0 Å². The predicted molar refractivity (Wildman–Crippen MR) is 82.1 cm³/mol. The SMILES string of the molecule is CC1CCC(CNC2C3(C)CCC(C3)C2(C)C)CC1. The molecule has 0 spiro atoms. The van der Waals surface area contributed by atoms with Crippen LogP contribution in [0.1, 0.15) is 72.6 Å². The Balaban J connectivity index is 1.58. The smallest absolute Gasteiger partial charge is 0.0175 e. The molecule has 0 radical (unpaired) electrons. The van der Waals surface area contributed by atoms with Gasteiger partial charge in [-0.3, -0.25) is 0 Å². The highest BCUT2D eigenvalue weighted by molar-refractivity contribution is 5.12. The molecule has 3 aliphatic carbocycles. The van der Waals surface area contributed by atoms with Crippen molar-refractivity contribution in [2.75, 3.05) is 6.54 Å². The normalized spacial score (nSPS) is 48.6. The van der Waals surface area contributed by atoms with E-state index in [-0.39, 0.29) is 0 Å². The van der Waals surface area contributed by atoms with Crippen molar-refractivity contribution in [1.82, 2.24) is 5.32 Å². The minimum Gasteiger partial charge on any atom is -0.313 e. The van der Waals surface area contributed by atoms with Crippen molar-refractivity contribution in [2.24, 2.45) is 28.6 Å². The van der Waals surface area contributed by atoms with E-state index < -0.39 is 0 Å². The Morgan fingerprint density at radius 2 is 1.68 bits per heavy atom. The third-order valence-electron chi connectivity index (χ3n) is 7.02. The second kappa shape index (κ2) is 4.76. The average molecular weight is 263 g/mol. The van der Waals surface area contributed by atoms with Crippen LogP contribution in [0.25, 0.3) is 0 Å². The second-order valence-electron chi connectivity index (χ2n) is 8.88. The van der Waals surface area contributed by atoms with E-state index in [1.165, 1.54) is 51.5 Å². The van der Waals surface area contributed by atoms with Gasteiger partial charge in [-0.25, -0.2) is 0 Å². The van der Waals surface area contributed by atoms with Crippen LogP contribution >= 0.6 is 0 Å². The zero-order chi connectivity index (χ0) is 13.7. The zero-order valence-electron chi connectivity index (χ0n) is 13.5. The monoisotopic (exact) mass is 263 g/mol. The van der Waals surface area contributed by atoms with Crippen LogP contribution in [0.15, 0.2) is 0 Å². The van der Waals surface area contributed by atoms with Gasteiger partial charge in [0.25, 0.3) is 0 Å². The molecule has 19 heavy (non-hydrogen) atoms. The molecule has 3 unspecified atom stereocenters. The van der Waals surface area contributed by atoms with Crippen LogP contribution in [0.2, 0.25) is 0 Å². The van der Waals surface area contributed by atoms with Crippen LogP contribution in [-0.2, 0) is 0 Å². The highest BCUT2D eigenvalue weighted by Gasteiger charge is 2.58. The Hall–Kier alpha value is -0.0400. The van der Waals surface area contributed by atoms with Gasteiger partial charge in [-0.15, -0.1) is 0 Å². The molecule has 0 aromatic rings. The second-order valence-corrected chi connectivity index (χ2v) is 8.88. The Bertz CT molecular complexity index is 322. The fourth-order valence-corrected chi connectivity index (χ4v) is 5.63. The predicted octanol–water partition coefficient (Wildman–Crippen LogP) is 4.62. The average Bonchev–Trinajstić information content (AvgIpc) is 2.82. The standard InChI is InChI=1S/C18H33N/c1-13-5-7-14(8-6-13)12-19-16-17(2,3)15-9-10-18(16,4)11-15/h13-16,19H,5-12H2,1-4H3. The first-order chi connectivity index (χ1) is 8.92. The molecule has 3 aliphatic rings. The summed E-state index contributed by atoms with van der Waals surface area (Å²) in [6.45, 7) is 11.3. The van der Waals surface area contributed by atoms with Gasteiger partial charge in [0.2, 0.25) is 0 Å². The molecule has 2 bridgehead atoms. The Morgan fingerprint density at radius 3 is 2.26 bits per heavy atom. The molecule has 3 fully saturated rings. The number of hydrogen-bond acceptors (Lipinski definition) is 1. The Labute approximate surface area is 119 Å². The molecule has 3 atom stereocenters. The van der Waals surface area contributed by atoms with Crippen LogP contribution in [0.5, 0.6) is 0 Å². The lowest BCUT2D eigenvalue weighted by molar-refractivity contribution is 0.101. The Morgan fingerprint density at radius 1 is 1.00 bits per heavy atom. The summed E-state index contributed by atoms with van der Waals surface area (Å²) < 4.78 is 0. The van der Waals surface area contributed by atoms with Gasteiger partial charge in [-0.2, -0.15) is 0 Å². The van der Waals surface area contributed by atoms with Gasteiger partial charge < -0.3 is 5.32 Å². The zero-order valence-corrected chi connectivity index (χ0v) is 13.5. The third kappa shape index (κ3) is 2.37. The molecular formula is C18H33N. The lowest BCUT2D eigenvalue weighted by atomic mass is 9.68. The number of hydrogen-bond donors (Lipinski definition) is 1. The van der Waals surface area contributed by atoms with Crippen molar-refractivity contribution in [3.8, 4) is 0 Å². The van der Waals surface area contributed by atoms with Crippen molar-refractivity contribution in [2.45, 2.75) is 78.7 Å². The first-order valence-corrected chi connectivity index (χ1v) is 8.65. The molecule has 0 heterocycles. The quantitative estimate of drug-likeness (QED) is 0.783. The third-order valence-corrected chi connectivity index (χ3v) is 7.02. The summed E-state index contributed by atoms with van der Waals surface area (Å²) in [4.78, 5) is 0. The van der Waals surface area contributed by atoms with E-state index in [1.807, 2.05) is 0 Å². The summed E-state index contributed by atoms with van der Waals surface area (Å²) in [5, 5.41) is 4.03. The van der Waals surface area contributed by atoms with Crippen LogP contribution in [-0.4, -0.2) is 12.6 Å². The van der Waals surface area contributed by atoms with Gasteiger partial charge >= 0.3 is 0 Å². The maximum Gasteiger partial charge on any atom is 0.0175 e. The lowest BCUT2D eigenvalue weighted by Gasteiger charge is -2.44. The van der Waals surface area contributed by atoms with Crippen LogP contribution in [0.3, 0.4) is 0 Å². The highest BCUT2D eigenvalue weighted by atomic mass is 15.0. The van der Waals surface area contributed by atoms with E-state index in [2.05, 4.69) is 33.0 Å². The van der Waals surface area contributed by atoms with E-state index >= 15 is 0 Å². The van der Waals surface area contributed by atoms with Crippen molar-refractivity contribution in [3.63, 3.8) is 0 Å². The topological polar surface area (TPSA) is 12.0 Å². The van der Waals surface area contributed by atoms with Crippen molar-refractivity contribution in [3.05, 3.63) is 0 Å². The first-order valence-electron chi connectivity index (χ1n) is 8.65. The summed E-state index contributed by atoms with van der Waals surface area (Å²) in [5.41, 5.74) is 1.12. The molecule has 3 rings (SSSR count). The van der Waals surface area contributed by atoms with E-state index in [0.29, 0.717) is 10.8 Å². The van der Waals surface area contributed by atoms with Gasteiger partial charge in [0.05, 0.1) is 0 Å². The maximum absolute atomic E-state index is 4.03. The van der Waals surface area contributed by atoms with E-state index in [9.17, 15) is 0 Å². The van der Waals surface area contributed by atoms with Gasteiger partial charge in [-0.05, 0) is 67.2 Å². The number of rotatable bonds is 3. The summed E-state index contributed by atoms with van der Waals surface area (Å²) in [5.74, 6) is 2.91. The molecule has 0 amide bonds. The molecule has 0 aromatic heterocycles. The summed E-state index contributed by atoms with van der Waals surface area (Å²) in [7, 11) is 0. The van der Waals surface area contributed by atoms with E-state index in [0.717, 1.165) is 23.8 Å². The molecule has 3 saturated carbocycles. The van der Waals surface area contributed by atoms with Gasteiger partial charge in [0, 0.05) is 6.04 Å². The number of nitrogens with one attached hydrogen (secondary N) is 1. The minimum atomic E-state index is 0.523. The fourth-order valence-electron chi connectivity index (χ4n) is 5.63. The molecule has 1 N–H and O–H groups in total. The van der Waals surface area contributed by atoms with Crippen LogP contribution in [0.4, 0.5) is 0 Å². The first kappa shape index (κ1) is 13.9. The maximum atomic E-state index is 4.03. The molecule has 0 aliphatic heterocycles. The van der Waals surface area contributed by atoms with Crippen molar-refractivity contribution < 1.29 is 0 Å². The Kier molecular flexibility index (Phi) is 3.48. The lowest BCUT2D eigenvalue weighted by Crippen LogP contribution is -2.51. The minimum absolute atomic E-state index is 0.523. The van der Waals surface area contributed by atoms with Crippen LogP contribution in [0, 0.1) is 28.6 Å². The largest absolute Gasteiger partial charge is 0.313 e. The summed E-state index contributed by atoms with van der Waals surface area (Å²) >= 11 is 0. The summed E-state index contributed by atoms with van der Waals surface area (Å²) in [6, 6.07) is 0.762. The van der Waals surface area contributed by atoms with Crippen molar-refractivity contribution >= 4 is 0 Å². The van der Waals surface area contributed by atoms with Crippen molar-refractivity contribution in [1.29, 1.82) is 0 Å². The molecule has 0 aromatic carbocycles. The van der Waals surface area contributed by atoms with Gasteiger partial charge in [0.1, 0.15) is 0 Å². The fraction of sp³-hybridized carbons (Fsp3) is 1.00. The highest BCUT2D eigenvalue weighted by Crippen LogP contribution is 2.62. The molecular weight excluding hydrogens is 230 g/mol. The summed E-state index contributed by atoms with van der Waals surface area (Å²) in [6.07, 6.45) is 10.2. The van der Waals surface area contributed by atoms with Gasteiger partial charge in [-0.1, -0.05) is 40.5 Å². The number of fused-ring (bicyclic) bond motifs is 2.